The van der Waals surface area contributed by atoms with Crippen molar-refractivity contribution in [3.05, 3.63) is 23.7 Å². The number of rotatable bonds is 3. The number of likely N-dealkylation sites (N-methyl/N-ethyl adjacent to an activating group) is 1. The summed E-state index contributed by atoms with van der Waals surface area (Å²) in [4.78, 5) is 33.4. The Labute approximate surface area is 128 Å². The van der Waals surface area contributed by atoms with Crippen LogP contribution < -0.4 is 20.9 Å². The molecular weight excluding hydrogens is 284 g/mol. The average molecular weight is 302 g/mol. The topological polar surface area (TPSA) is 99.3 Å². The Morgan fingerprint density at radius 1 is 1.36 bits per heavy atom. The van der Waals surface area contributed by atoms with Gasteiger partial charge in [-0.25, -0.2) is 14.8 Å². The molecule has 2 aliphatic heterocycles. The van der Waals surface area contributed by atoms with Crippen LogP contribution in [0.15, 0.2) is 18.0 Å². The van der Waals surface area contributed by atoms with E-state index in [0.717, 1.165) is 25.9 Å². The smallest absolute Gasteiger partial charge is 0.326 e. The summed E-state index contributed by atoms with van der Waals surface area (Å²) in [6.45, 7) is 1.95. The summed E-state index contributed by atoms with van der Waals surface area (Å²) in [7, 11) is 1.97. The van der Waals surface area contributed by atoms with Crippen molar-refractivity contribution in [2.24, 2.45) is 0 Å². The predicted molar refractivity (Wildman–Crippen MR) is 81.0 cm³/mol. The lowest BCUT2D eigenvalue weighted by atomic mass is 10.1. The number of amides is 3. The van der Waals surface area contributed by atoms with Crippen LogP contribution in [0.4, 0.5) is 10.7 Å². The molecule has 116 valence electrons. The van der Waals surface area contributed by atoms with E-state index < -0.39 is 11.9 Å². The lowest BCUT2D eigenvalue weighted by molar-refractivity contribution is -0.115. The summed E-state index contributed by atoms with van der Waals surface area (Å²) in [6, 6.07) is 1.53. The van der Waals surface area contributed by atoms with Gasteiger partial charge < -0.3 is 15.5 Å². The molecule has 0 saturated carbocycles. The molecule has 1 aromatic heterocycles. The molecule has 1 unspecified atom stereocenters. The summed E-state index contributed by atoms with van der Waals surface area (Å²) in [5.74, 6) is 0.155. The quantitative estimate of drug-likeness (QED) is 0.530. The fraction of sp³-hybridized carbons (Fsp3) is 0.429. The first-order valence-electron chi connectivity index (χ1n) is 7.24. The van der Waals surface area contributed by atoms with Crippen molar-refractivity contribution in [2.45, 2.75) is 18.9 Å². The molecule has 1 atom stereocenters. The van der Waals surface area contributed by atoms with Gasteiger partial charge in [0.2, 0.25) is 5.95 Å². The number of imide groups is 1. The summed E-state index contributed by atoms with van der Waals surface area (Å²) >= 11 is 0. The molecule has 1 aromatic rings. The molecule has 2 saturated heterocycles. The van der Waals surface area contributed by atoms with E-state index in [2.05, 4.69) is 25.9 Å². The largest absolute Gasteiger partial charge is 0.340 e. The molecule has 0 spiro atoms. The highest BCUT2D eigenvalue weighted by molar-refractivity contribution is 6.13. The van der Waals surface area contributed by atoms with Crippen LogP contribution in [0.25, 0.3) is 6.08 Å². The van der Waals surface area contributed by atoms with Gasteiger partial charge in [0.15, 0.2) is 0 Å². The molecule has 2 aliphatic rings. The molecule has 8 heteroatoms. The Kier molecular flexibility index (Phi) is 4.01. The Morgan fingerprint density at radius 2 is 2.23 bits per heavy atom. The molecular formula is C14H18N6O2. The van der Waals surface area contributed by atoms with Gasteiger partial charge in [-0.05, 0) is 31.5 Å². The highest BCUT2D eigenvalue weighted by Crippen LogP contribution is 2.16. The van der Waals surface area contributed by atoms with Crippen molar-refractivity contribution in [3.8, 4) is 0 Å². The number of nitrogens with zero attached hydrogens (tertiary/aromatic N) is 3. The third kappa shape index (κ3) is 3.06. The van der Waals surface area contributed by atoms with Gasteiger partial charge in [0.1, 0.15) is 5.70 Å². The number of hydrogen-bond acceptors (Lipinski definition) is 6. The minimum Gasteiger partial charge on any atom is -0.340 e. The second-order valence-corrected chi connectivity index (χ2v) is 5.36. The minimum absolute atomic E-state index is 0.191. The first kappa shape index (κ1) is 14.5. The molecule has 3 heterocycles. The number of aromatic nitrogens is 2. The van der Waals surface area contributed by atoms with E-state index in [0.29, 0.717) is 17.7 Å². The highest BCUT2D eigenvalue weighted by Gasteiger charge is 2.23. The van der Waals surface area contributed by atoms with E-state index in [1.807, 2.05) is 11.9 Å². The number of urea groups is 1. The second kappa shape index (κ2) is 6.10. The Hall–Kier alpha value is -2.48. The molecule has 0 aliphatic carbocycles. The van der Waals surface area contributed by atoms with Crippen molar-refractivity contribution >= 4 is 24.0 Å². The first-order chi connectivity index (χ1) is 10.6. The molecule has 2 fully saturated rings. The number of piperidine rings is 1. The standard InChI is InChI=1S/C14H18N6O2/c1-20(10-3-2-5-15-8-10)13-16-6-4-9(17-13)7-11-12(21)19-14(22)18-11/h4,6-7,10,15H,2-3,5,8H2,1H3,(H2,18,19,21,22). The molecule has 0 bridgehead atoms. The van der Waals surface area contributed by atoms with E-state index >= 15 is 0 Å². The van der Waals surface area contributed by atoms with Crippen LogP contribution in [-0.2, 0) is 4.79 Å². The molecule has 8 nitrogen and oxygen atoms in total. The number of carbonyl (C=O) groups is 2. The maximum absolute atomic E-state index is 11.5. The number of carbonyl (C=O) groups excluding carboxylic acids is 2. The van der Waals surface area contributed by atoms with Crippen molar-refractivity contribution in [1.29, 1.82) is 0 Å². The number of anilines is 1. The summed E-state index contributed by atoms with van der Waals surface area (Å²) in [5.41, 5.74) is 0.768. The molecule has 3 rings (SSSR count). The number of nitrogens with one attached hydrogen (secondary N) is 3. The SMILES string of the molecule is CN(c1nccc(C=C2NC(=O)NC2=O)n1)C1CCCNC1. The Bertz CT molecular complexity index is 624. The zero-order valence-electron chi connectivity index (χ0n) is 12.3. The fourth-order valence-corrected chi connectivity index (χ4v) is 2.57. The van der Waals surface area contributed by atoms with Gasteiger partial charge in [0, 0.05) is 25.8 Å². The van der Waals surface area contributed by atoms with Gasteiger partial charge >= 0.3 is 6.03 Å². The van der Waals surface area contributed by atoms with Crippen molar-refractivity contribution in [3.63, 3.8) is 0 Å². The summed E-state index contributed by atoms with van der Waals surface area (Å²) in [5, 5.41) is 7.96. The monoisotopic (exact) mass is 302 g/mol. The summed E-state index contributed by atoms with van der Waals surface area (Å²) < 4.78 is 0. The lowest BCUT2D eigenvalue weighted by Crippen LogP contribution is -2.44. The Balaban J connectivity index is 1.79. The van der Waals surface area contributed by atoms with Gasteiger partial charge in [-0.1, -0.05) is 0 Å². The maximum atomic E-state index is 11.5. The molecule has 3 N–H and O–H groups in total. The molecule has 22 heavy (non-hydrogen) atoms. The highest BCUT2D eigenvalue weighted by atomic mass is 16.2. The van der Waals surface area contributed by atoms with Crippen LogP contribution in [0.5, 0.6) is 0 Å². The van der Waals surface area contributed by atoms with Crippen LogP contribution in [-0.4, -0.2) is 48.1 Å². The van der Waals surface area contributed by atoms with Crippen molar-refractivity contribution < 1.29 is 9.59 Å². The lowest BCUT2D eigenvalue weighted by Gasteiger charge is -2.31. The third-order valence-corrected chi connectivity index (χ3v) is 3.81. The Morgan fingerprint density at radius 3 is 2.91 bits per heavy atom. The van der Waals surface area contributed by atoms with Crippen LogP contribution in [0.3, 0.4) is 0 Å². The van der Waals surface area contributed by atoms with E-state index in [-0.39, 0.29) is 5.70 Å². The summed E-state index contributed by atoms with van der Waals surface area (Å²) in [6.07, 6.45) is 5.41. The van der Waals surface area contributed by atoms with Crippen LogP contribution in [0, 0.1) is 0 Å². The molecule has 0 aromatic carbocycles. The first-order valence-corrected chi connectivity index (χ1v) is 7.24. The van der Waals surface area contributed by atoms with Crippen molar-refractivity contribution in [2.75, 3.05) is 25.0 Å². The van der Waals surface area contributed by atoms with Crippen LogP contribution in [0.1, 0.15) is 18.5 Å². The zero-order chi connectivity index (χ0) is 15.5. The average Bonchev–Trinajstić information content (AvgIpc) is 2.85. The fourth-order valence-electron chi connectivity index (χ4n) is 2.57. The molecule has 0 radical (unpaired) electrons. The predicted octanol–water partition coefficient (Wildman–Crippen LogP) is -0.155. The van der Waals surface area contributed by atoms with E-state index in [4.69, 9.17) is 0 Å². The third-order valence-electron chi connectivity index (χ3n) is 3.81. The molecule has 3 amide bonds. The normalized spacial score (nSPS) is 23.3. The minimum atomic E-state index is -0.518. The van der Waals surface area contributed by atoms with Crippen molar-refractivity contribution in [1.82, 2.24) is 25.9 Å². The van der Waals surface area contributed by atoms with Gasteiger partial charge in [-0.2, -0.15) is 0 Å². The van der Waals surface area contributed by atoms with Crippen LogP contribution >= 0.6 is 0 Å². The van der Waals surface area contributed by atoms with E-state index in [1.54, 1.807) is 18.3 Å². The second-order valence-electron chi connectivity index (χ2n) is 5.36. The number of hydrogen-bond donors (Lipinski definition) is 3. The van der Waals surface area contributed by atoms with E-state index in [1.165, 1.54) is 0 Å². The maximum Gasteiger partial charge on any atom is 0.326 e. The van der Waals surface area contributed by atoms with Gasteiger partial charge in [0.05, 0.1) is 5.69 Å². The van der Waals surface area contributed by atoms with E-state index in [9.17, 15) is 9.59 Å². The van der Waals surface area contributed by atoms with Crippen LogP contribution in [0.2, 0.25) is 0 Å². The van der Waals surface area contributed by atoms with Gasteiger partial charge in [0.25, 0.3) is 5.91 Å². The van der Waals surface area contributed by atoms with Gasteiger partial charge in [-0.3, -0.25) is 10.1 Å². The zero-order valence-corrected chi connectivity index (χ0v) is 12.3. The van der Waals surface area contributed by atoms with Gasteiger partial charge in [-0.15, -0.1) is 0 Å².